The summed E-state index contributed by atoms with van der Waals surface area (Å²) in [4.78, 5) is 3.77. The molecule has 0 aromatic carbocycles. The van der Waals surface area contributed by atoms with Crippen LogP contribution in [0, 0.1) is 0 Å². The van der Waals surface area contributed by atoms with E-state index in [1.165, 1.54) is 17.6 Å². The van der Waals surface area contributed by atoms with Crippen molar-refractivity contribution in [1.82, 2.24) is 14.8 Å². The molecular weight excluding hydrogens is 277 g/mol. The minimum absolute atomic E-state index is 0.326. The van der Waals surface area contributed by atoms with E-state index in [4.69, 9.17) is 0 Å². The second-order valence-electron chi connectivity index (χ2n) is 3.79. The highest BCUT2D eigenvalue weighted by Gasteiger charge is 2.30. The van der Waals surface area contributed by atoms with Crippen LogP contribution in [0.25, 0.3) is 0 Å². The van der Waals surface area contributed by atoms with Gasteiger partial charge in [0.05, 0.1) is 17.8 Å². The summed E-state index contributed by atoms with van der Waals surface area (Å²) in [5, 5.41) is 3.53. The van der Waals surface area contributed by atoms with Gasteiger partial charge >= 0.3 is 6.18 Å². The van der Waals surface area contributed by atoms with Crippen LogP contribution in [0.1, 0.15) is 11.3 Å². The molecule has 19 heavy (non-hydrogen) atoms. The number of pyridine rings is 1. The largest absolute Gasteiger partial charge is 0.417 e. The second kappa shape index (κ2) is 5.54. The SMILES string of the molecule is CN(NCc1ccc(C(F)(F)F)cn1)c1ccsn1. The van der Waals surface area contributed by atoms with Crippen molar-refractivity contribution in [2.45, 2.75) is 12.7 Å². The number of hydrogen-bond donors (Lipinski definition) is 1. The van der Waals surface area contributed by atoms with Gasteiger partial charge in [0.25, 0.3) is 0 Å². The van der Waals surface area contributed by atoms with E-state index in [9.17, 15) is 13.2 Å². The first kappa shape index (κ1) is 13.8. The first-order valence-corrected chi connectivity index (χ1v) is 6.20. The predicted molar refractivity (Wildman–Crippen MR) is 66.6 cm³/mol. The van der Waals surface area contributed by atoms with Crippen molar-refractivity contribution < 1.29 is 13.2 Å². The fourth-order valence-corrected chi connectivity index (χ4v) is 1.89. The van der Waals surface area contributed by atoms with Crippen LogP contribution in [0.15, 0.2) is 29.8 Å². The van der Waals surface area contributed by atoms with Crippen LogP contribution in [-0.2, 0) is 12.7 Å². The summed E-state index contributed by atoms with van der Waals surface area (Å²) < 4.78 is 41.2. The van der Waals surface area contributed by atoms with E-state index in [0.29, 0.717) is 12.2 Å². The van der Waals surface area contributed by atoms with Crippen molar-refractivity contribution in [2.75, 3.05) is 12.1 Å². The number of alkyl halides is 3. The van der Waals surface area contributed by atoms with Gasteiger partial charge in [0, 0.05) is 18.6 Å². The van der Waals surface area contributed by atoms with Crippen molar-refractivity contribution in [3.63, 3.8) is 0 Å². The normalized spacial score (nSPS) is 11.6. The zero-order valence-corrected chi connectivity index (χ0v) is 10.8. The molecular formula is C11H11F3N4S. The molecule has 1 N–H and O–H groups in total. The average molecular weight is 288 g/mol. The molecule has 0 saturated carbocycles. The molecule has 0 aliphatic heterocycles. The highest BCUT2D eigenvalue weighted by atomic mass is 32.1. The monoisotopic (exact) mass is 288 g/mol. The number of rotatable bonds is 4. The second-order valence-corrected chi connectivity index (χ2v) is 4.45. The molecule has 2 rings (SSSR count). The van der Waals surface area contributed by atoms with Crippen LogP contribution in [0.3, 0.4) is 0 Å². The Morgan fingerprint density at radius 2 is 2.11 bits per heavy atom. The van der Waals surface area contributed by atoms with Gasteiger partial charge in [0.1, 0.15) is 0 Å². The molecule has 0 spiro atoms. The molecule has 2 aromatic heterocycles. The quantitative estimate of drug-likeness (QED) is 0.878. The summed E-state index contributed by atoms with van der Waals surface area (Å²) in [6.45, 7) is 0.326. The summed E-state index contributed by atoms with van der Waals surface area (Å²) in [6.07, 6.45) is -3.52. The minimum Gasteiger partial charge on any atom is -0.294 e. The number of anilines is 1. The molecule has 0 fully saturated rings. The highest BCUT2D eigenvalue weighted by Crippen LogP contribution is 2.28. The van der Waals surface area contributed by atoms with Gasteiger partial charge in [-0.3, -0.25) is 9.99 Å². The van der Waals surface area contributed by atoms with Gasteiger partial charge in [-0.15, -0.1) is 0 Å². The molecule has 0 saturated heterocycles. The molecule has 0 aliphatic carbocycles. The lowest BCUT2D eigenvalue weighted by Gasteiger charge is -2.17. The Labute approximate surface area is 112 Å². The number of hydrazine groups is 1. The lowest BCUT2D eigenvalue weighted by molar-refractivity contribution is -0.137. The van der Waals surface area contributed by atoms with Crippen molar-refractivity contribution in [3.8, 4) is 0 Å². The van der Waals surface area contributed by atoms with E-state index >= 15 is 0 Å². The third-order valence-corrected chi connectivity index (χ3v) is 2.97. The van der Waals surface area contributed by atoms with Crippen LogP contribution < -0.4 is 10.4 Å². The van der Waals surface area contributed by atoms with Gasteiger partial charge in [-0.25, -0.2) is 5.43 Å². The molecule has 4 nitrogen and oxygen atoms in total. The van der Waals surface area contributed by atoms with Gasteiger partial charge in [-0.2, -0.15) is 17.5 Å². The van der Waals surface area contributed by atoms with Crippen LogP contribution >= 0.6 is 11.5 Å². The Morgan fingerprint density at radius 3 is 2.63 bits per heavy atom. The number of halogens is 3. The van der Waals surface area contributed by atoms with E-state index in [1.807, 2.05) is 11.4 Å². The fourth-order valence-electron chi connectivity index (χ4n) is 1.36. The Morgan fingerprint density at radius 1 is 1.32 bits per heavy atom. The third-order valence-electron chi connectivity index (χ3n) is 2.42. The van der Waals surface area contributed by atoms with E-state index in [2.05, 4.69) is 14.8 Å². The van der Waals surface area contributed by atoms with Crippen LogP contribution in [0.4, 0.5) is 19.0 Å². The van der Waals surface area contributed by atoms with Gasteiger partial charge in [-0.1, -0.05) is 0 Å². The van der Waals surface area contributed by atoms with Crippen LogP contribution in [0.5, 0.6) is 0 Å². The summed E-state index contributed by atoms with van der Waals surface area (Å²) in [5.74, 6) is 0.747. The lowest BCUT2D eigenvalue weighted by atomic mass is 10.2. The summed E-state index contributed by atoms with van der Waals surface area (Å²) in [5.41, 5.74) is 2.77. The van der Waals surface area contributed by atoms with Crippen LogP contribution in [0.2, 0.25) is 0 Å². The Hall–Kier alpha value is -1.67. The molecule has 2 aromatic rings. The topological polar surface area (TPSA) is 41.0 Å². The molecule has 0 amide bonds. The molecule has 0 unspecified atom stereocenters. The van der Waals surface area contributed by atoms with Crippen molar-refractivity contribution >= 4 is 17.4 Å². The summed E-state index contributed by atoms with van der Waals surface area (Å²) >= 11 is 1.32. The number of nitrogens with zero attached hydrogens (tertiary/aromatic N) is 3. The van der Waals surface area contributed by atoms with E-state index in [0.717, 1.165) is 18.1 Å². The van der Waals surface area contributed by atoms with Gasteiger partial charge in [-0.05, 0) is 29.7 Å². The maximum absolute atomic E-state index is 12.3. The zero-order valence-electron chi connectivity index (χ0n) is 9.98. The van der Waals surface area contributed by atoms with E-state index in [-0.39, 0.29) is 0 Å². The van der Waals surface area contributed by atoms with E-state index in [1.54, 1.807) is 12.1 Å². The zero-order chi connectivity index (χ0) is 13.9. The molecule has 102 valence electrons. The minimum atomic E-state index is -4.35. The first-order chi connectivity index (χ1) is 8.97. The van der Waals surface area contributed by atoms with Crippen molar-refractivity contribution in [1.29, 1.82) is 0 Å². The van der Waals surface area contributed by atoms with Gasteiger partial charge in [0.2, 0.25) is 0 Å². The number of aromatic nitrogens is 2. The molecule has 2 heterocycles. The molecule has 0 radical (unpaired) electrons. The Bertz CT molecular complexity index is 510. The van der Waals surface area contributed by atoms with Crippen molar-refractivity contribution in [2.24, 2.45) is 0 Å². The summed E-state index contributed by atoms with van der Waals surface area (Å²) in [7, 11) is 1.78. The van der Waals surface area contributed by atoms with E-state index < -0.39 is 11.7 Å². The van der Waals surface area contributed by atoms with Crippen molar-refractivity contribution in [3.05, 3.63) is 41.0 Å². The van der Waals surface area contributed by atoms with Gasteiger partial charge in [0.15, 0.2) is 5.82 Å². The molecule has 0 bridgehead atoms. The predicted octanol–water partition coefficient (Wildman–Crippen LogP) is 2.70. The summed E-state index contributed by atoms with van der Waals surface area (Å²) in [6, 6.07) is 4.20. The average Bonchev–Trinajstić information content (AvgIpc) is 2.89. The number of nitrogens with one attached hydrogen (secondary N) is 1. The standard InChI is InChI=1S/C11H11F3N4S/c1-18(10-4-5-19-17-10)16-7-9-3-2-8(6-15-9)11(12,13)14/h2-6,16H,7H2,1H3. The lowest BCUT2D eigenvalue weighted by Crippen LogP contribution is -2.34. The maximum atomic E-state index is 12.3. The third kappa shape index (κ3) is 3.65. The Balaban J connectivity index is 1.93. The fraction of sp³-hybridized carbons (Fsp3) is 0.273. The maximum Gasteiger partial charge on any atom is 0.417 e. The molecule has 0 aliphatic rings. The first-order valence-electron chi connectivity index (χ1n) is 5.36. The molecule has 8 heteroatoms. The smallest absolute Gasteiger partial charge is 0.294 e. The number of hydrogen-bond acceptors (Lipinski definition) is 5. The van der Waals surface area contributed by atoms with Crippen LogP contribution in [-0.4, -0.2) is 16.4 Å². The highest BCUT2D eigenvalue weighted by molar-refractivity contribution is 7.03. The van der Waals surface area contributed by atoms with Gasteiger partial charge < -0.3 is 0 Å². The molecule has 0 atom stereocenters. The Kier molecular flexibility index (Phi) is 4.01.